The number of methoxy groups -OCH3 is 1. The van der Waals surface area contributed by atoms with Gasteiger partial charge in [0.05, 0.1) is 12.8 Å². The van der Waals surface area contributed by atoms with Crippen LogP contribution in [0.2, 0.25) is 0 Å². The maximum absolute atomic E-state index is 6.13. The van der Waals surface area contributed by atoms with Crippen molar-refractivity contribution in [1.82, 2.24) is 9.97 Å². The largest absolute Gasteiger partial charge is 0.467 e. The second-order valence-electron chi connectivity index (χ2n) is 5.40. The molecule has 0 aliphatic heterocycles. The Morgan fingerprint density at radius 2 is 2.24 bits per heavy atom. The minimum Gasteiger partial charge on any atom is -0.467 e. The highest BCUT2D eigenvalue weighted by atomic mass is 16.5. The molecule has 2 fully saturated rings. The normalized spacial score (nSPS) is 21.3. The third-order valence-corrected chi connectivity index (χ3v) is 3.81. The highest BCUT2D eigenvalue weighted by molar-refractivity contribution is 5.27. The van der Waals surface area contributed by atoms with Crippen LogP contribution in [0.3, 0.4) is 0 Å². The molecular weight excluding hydrogens is 214 g/mol. The molecule has 0 spiro atoms. The molecule has 2 saturated carbocycles. The third-order valence-electron chi connectivity index (χ3n) is 3.81. The summed E-state index contributed by atoms with van der Waals surface area (Å²) in [6.07, 6.45) is 8.83. The lowest BCUT2D eigenvalue weighted by molar-refractivity contribution is 0.377. The van der Waals surface area contributed by atoms with Crippen LogP contribution in [0.25, 0.3) is 0 Å². The van der Waals surface area contributed by atoms with Crippen LogP contribution < -0.4 is 10.5 Å². The lowest BCUT2D eigenvalue weighted by Gasteiger charge is -2.11. The van der Waals surface area contributed by atoms with Crippen molar-refractivity contribution >= 4 is 0 Å². The van der Waals surface area contributed by atoms with Gasteiger partial charge in [-0.15, -0.1) is 0 Å². The van der Waals surface area contributed by atoms with Gasteiger partial charge in [0, 0.05) is 17.7 Å². The van der Waals surface area contributed by atoms with Gasteiger partial charge in [-0.2, -0.15) is 4.98 Å². The number of hydrogen-bond donors (Lipinski definition) is 1. The van der Waals surface area contributed by atoms with Crippen LogP contribution in [0.5, 0.6) is 6.01 Å². The van der Waals surface area contributed by atoms with Crippen molar-refractivity contribution in [2.75, 3.05) is 7.11 Å². The summed E-state index contributed by atoms with van der Waals surface area (Å²) in [5.74, 6) is 0.634. The molecule has 0 radical (unpaired) electrons. The van der Waals surface area contributed by atoms with E-state index in [0.717, 1.165) is 12.8 Å². The lowest BCUT2D eigenvalue weighted by atomic mass is 10.0. The van der Waals surface area contributed by atoms with E-state index >= 15 is 0 Å². The molecule has 17 heavy (non-hydrogen) atoms. The van der Waals surface area contributed by atoms with Gasteiger partial charge in [-0.1, -0.05) is 0 Å². The van der Waals surface area contributed by atoms with Gasteiger partial charge in [0.1, 0.15) is 0 Å². The molecule has 1 aromatic rings. The fourth-order valence-electron chi connectivity index (χ4n) is 2.20. The zero-order chi connectivity index (χ0) is 11.9. The van der Waals surface area contributed by atoms with E-state index in [2.05, 4.69) is 9.97 Å². The third kappa shape index (κ3) is 2.41. The summed E-state index contributed by atoms with van der Waals surface area (Å²) in [6, 6.07) is 0.490. The Morgan fingerprint density at radius 3 is 2.82 bits per heavy atom. The first kappa shape index (κ1) is 11.0. The minimum atomic E-state index is 0.112. The van der Waals surface area contributed by atoms with E-state index in [-0.39, 0.29) is 5.54 Å². The average Bonchev–Trinajstić information content (AvgIpc) is 3.22. The van der Waals surface area contributed by atoms with Crippen LogP contribution in [0.1, 0.15) is 49.3 Å². The maximum Gasteiger partial charge on any atom is 0.316 e. The van der Waals surface area contributed by atoms with Gasteiger partial charge in [-0.05, 0) is 44.1 Å². The topological polar surface area (TPSA) is 61.0 Å². The standard InChI is InChI=1S/C13H19N3O/c1-17-12-15-8-10(4-5-13(14)6-7-13)11(16-12)9-2-3-9/h8-9H,2-7,14H2,1H3. The zero-order valence-electron chi connectivity index (χ0n) is 10.3. The Balaban J connectivity index is 1.77. The number of rotatable bonds is 5. The summed E-state index contributed by atoms with van der Waals surface area (Å²) >= 11 is 0. The molecule has 2 aliphatic carbocycles. The SMILES string of the molecule is COc1ncc(CCC2(N)CC2)c(C2CC2)n1. The van der Waals surface area contributed by atoms with Crippen molar-refractivity contribution in [2.24, 2.45) is 5.73 Å². The molecule has 4 nitrogen and oxygen atoms in total. The predicted molar refractivity (Wildman–Crippen MR) is 65.0 cm³/mol. The maximum atomic E-state index is 6.13. The van der Waals surface area contributed by atoms with E-state index in [1.807, 2.05) is 6.20 Å². The molecule has 1 heterocycles. The first-order valence-electron chi connectivity index (χ1n) is 6.39. The first-order chi connectivity index (χ1) is 8.20. The van der Waals surface area contributed by atoms with Crippen molar-refractivity contribution in [2.45, 2.75) is 50.0 Å². The molecule has 4 heteroatoms. The summed E-state index contributed by atoms with van der Waals surface area (Å²) in [7, 11) is 1.62. The Bertz CT molecular complexity index is 425. The van der Waals surface area contributed by atoms with Crippen LogP contribution in [-0.4, -0.2) is 22.6 Å². The van der Waals surface area contributed by atoms with Crippen LogP contribution in [0.4, 0.5) is 0 Å². The first-order valence-corrected chi connectivity index (χ1v) is 6.39. The lowest BCUT2D eigenvalue weighted by Crippen LogP contribution is -2.22. The molecule has 92 valence electrons. The second-order valence-corrected chi connectivity index (χ2v) is 5.40. The number of aryl methyl sites for hydroxylation is 1. The molecule has 2 N–H and O–H groups in total. The average molecular weight is 233 g/mol. The van der Waals surface area contributed by atoms with Gasteiger partial charge >= 0.3 is 6.01 Å². The van der Waals surface area contributed by atoms with E-state index in [1.165, 1.54) is 36.9 Å². The second kappa shape index (κ2) is 3.95. The van der Waals surface area contributed by atoms with Crippen LogP contribution in [0.15, 0.2) is 6.20 Å². The molecule has 0 saturated heterocycles. The van der Waals surface area contributed by atoms with Gasteiger partial charge in [0.2, 0.25) is 0 Å². The Kier molecular flexibility index (Phi) is 2.54. The quantitative estimate of drug-likeness (QED) is 0.842. The Labute approximate surface area is 102 Å². The highest BCUT2D eigenvalue weighted by Gasteiger charge is 2.38. The molecule has 0 bridgehead atoms. The Morgan fingerprint density at radius 1 is 1.47 bits per heavy atom. The van der Waals surface area contributed by atoms with Crippen molar-refractivity contribution in [3.05, 3.63) is 17.5 Å². The molecule has 1 aromatic heterocycles. The molecule has 0 unspecified atom stereocenters. The van der Waals surface area contributed by atoms with Gasteiger partial charge in [-0.25, -0.2) is 4.98 Å². The predicted octanol–water partition coefficient (Wildman–Crippen LogP) is 1.79. The Hall–Kier alpha value is -1.16. The molecule has 0 aromatic carbocycles. The molecule has 0 amide bonds. The monoisotopic (exact) mass is 233 g/mol. The van der Waals surface area contributed by atoms with E-state index in [1.54, 1.807) is 7.11 Å². The van der Waals surface area contributed by atoms with Gasteiger partial charge in [-0.3, -0.25) is 0 Å². The van der Waals surface area contributed by atoms with E-state index < -0.39 is 0 Å². The molecule has 0 atom stereocenters. The van der Waals surface area contributed by atoms with Crippen molar-refractivity contribution in [1.29, 1.82) is 0 Å². The summed E-state index contributed by atoms with van der Waals surface area (Å²) < 4.78 is 5.10. The van der Waals surface area contributed by atoms with Crippen LogP contribution in [0, 0.1) is 0 Å². The van der Waals surface area contributed by atoms with E-state index in [0.29, 0.717) is 11.9 Å². The summed E-state index contributed by atoms with van der Waals surface area (Å²) in [5, 5.41) is 0. The highest BCUT2D eigenvalue weighted by Crippen LogP contribution is 2.42. The van der Waals surface area contributed by atoms with Crippen molar-refractivity contribution in [3.8, 4) is 6.01 Å². The van der Waals surface area contributed by atoms with Gasteiger partial charge < -0.3 is 10.5 Å². The zero-order valence-corrected chi connectivity index (χ0v) is 10.3. The van der Waals surface area contributed by atoms with Gasteiger partial charge in [0.25, 0.3) is 0 Å². The molecule has 3 rings (SSSR count). The van der Waals surface area contributed by atoms with Crippen LogP contribution >= 0.6 is 0 Å². The van der Waals surface area contributed by atoms with Crippen molar-refractivity contribution in [3.63, 3.8) is 0 Å². The number of nitrogens with zero attached hydrogens (tertiary/aromatic N) is 2. The molecular formula is C13H19N3O. The molecule has 2 aliphatic rings. The summed E-state index contributed by atoms with van der Waals surface area (Å²) in [6.45, 7) is 0. The van der Waals surface area contributed by atoms with Crippen molar-refractivity contribution < 1.29 is 4.74 Å². The summed E-state index contributed by atoms with van der Waals surface area (Å²) in [5.41, 5.74) is 8.70. The number of hydrogen-bond acceptors (Lipinski definition) is 4. The smallest absolute Gasteiger partial charge is 0.316 e. The van der Waals surface area contributed by atoms with Gasteiger partial charge in [0.15, 0.2) is 0 Å². The number of nitrogens with two attached hydrogens (primary N) is 1. The number of ether oxygens (including phenoxy) is 1. The van der Waals surface area contributed by atoms with Crippen LogP contribution in [-0.2, 0) is 6.42 Å². The van der Waals surface area contributed by atoms with E-state index in [4.69, 9.17) is 10.5 Å². The summed E-state index contributed by atoms with van der Waals surface area (Å²) in [4.78, 5) is 8.72. The minimum absolute atomic E-state index is 0.112. The number of aromatic nitrogens is 2. The fraction of sp³-hybridized carbons (Fsp3) is 0.692. The van der Waals surface area contributed by atoms with E-state index in [9.17, 15) is 0 Å². The fourth-order valence-corrected chi connectivity index (χ4v) is 2.20.